The van der Waals surface area contributed by atoms with Crippen molar-refractivity contribution in [2.45, 2.75) is 0 Å². The Balaban J connectivity index is 1.55. The maximum absolute atomic E-state index is 12.5. The average molecular weight is 497 g/mol. The lowest BCUT2D eigenvalue weighted by Crippen LogP contribution is -2.16. The van der Waals surface area contributed by atoms with E-state index in [0.717, 1.165) is 38.7 Å². The molecule has 0 aliphatic carbocycles. The van der Waals surface area contributed by atoms with Crippen LogP contribution in [0.25, 0.3) is 44.2 Å². The summed E-state index contributed by atoms with van der Waals surface area (Å²) >= 11 is 0. The van der Waals surface area contributed by atoms with E-state index in [0.29, 0.717) is 23.5 Å². The fourth-order valence-corrected chi connectivity index (χ4v) is 4.38. The molecule has 9 heteroatoms. The van der Waals surface area contributed by atoms with E-state index in [1.807, 2.05) is 55.7 Å². The van der Waals surface area contributed by atoms with Crippen LogP contribution in [0.1, 0.15) is 0 Å². The van der Waals surface area contributed by atoms with Gasteiger partial charge in [-0.05, 0) is 43.9 Å². The van der Waals surface area contributed by atoms with Crippen LogP contribution in [-0.4, -0.2) is 58.1 Å². The molecule has 3 N–H and O–H groups in total. The van der Waals surface area contributed by atoms with Gasteiger partial charge < -0.3 is 29.5 Å². The van der Waals surface area contributed by atoms with Gasteiger partial charge in [0.1, 0.15) is 16.9 Å². The largest absolute Gasteiger partial charge is 0.497 e. The first-order valence-electron chi connectivity index (χ1n) is 11.8. The lowest BCUT2D eigenvalue weighted by molar-refractivity contribution is -0.111. The SMILES string of the molecule is COc1cc(NC(=O)C=CCN(C)C)cc(-c2cnc3[nH]cc(-c4cn(C)c(=O)c5[nH]ccc45)c3c2)c1. The van der Waals surface area contributed by atoms with E-state index in [-0.39, 0.29) is 11.5 Å². The zero-order valence-corrected chi connectivity index (χ0v) is 21.1. The maximum atomic E-state index is 12.5. The predicted molar refractivity (Wildman–Crippen MR) is 147 cm³/mol. The molecule has 0 spiro atoms. The number of aromatic amines is 2. The summed E-state index contributed by atoms with van der Waals surface area (Å²) in [4.78, 5) is 37.9. The molecule has 0 unspecified atom stereocenters. The molecular weight excluding hydrogens is 468 g/mol. The van der Waals surface area contributed by atoms with Crippen LogP contribution in [0, 0.1) is 0 Å². The summed E-state index contributed by atoms with van der Waals surface area (Å²) in [5.74, 6) is 0.402. The van der Waals surface area contributed by atoms with Gasteiger partial charge in [-0.1, -0.05) is 6.08 Å². The molecule has 1 amide bonds. The molecule has 0 radical (unpaired) electrons. The highest BCUT2D eigenvalue weighted by Crippen LogP contribution is 2.35. The summed E-state index contributed by atoms with van der Waals surface area (Å²) in [6.07, 6.45) is 10.6. The summed E-state index contributed by atoms with van der Waals surface area (Å²) in [5.41, 5.74) is 5.41. The van der Waals surface area contributed by atoms with Gasteiger partial charge >= 0.3 is 0 Å². The first kappa shape index (κ1) is 24.1. The van der Waals surface area contributed by atoms with Crippen molar-refractivity contribution in [3.8, 4) is 28.0 Å². The normalized spacial score (nSPS) is 11.7. The van der Waals surface area contributed by atoms with Gasteiger partial charge in [0, 0.05) is 83.7 Å². The predicted octanol–water partition coefficient (Wildman–Crippen LogP) is 4.14. The van der Waals surface area contributed by atoms with Crippen LogP contribution in [-0.2, 0) is 11.8 Å². The lowest BCUT2D eigenvalue weighted by Gasteiger charge is -2.11. The summed E-state index contributed by atoms with van der Waals surface area (Å²) in [7, 11) is 7.22. The summed E-state index contributed by atoms with van der Waals surface area (Å²) in [5, 5.41) is 4.68. The van der Waals surface area contributed by atoms with Crippen molar-refractivity contribution >= 4 is 33.5 Å². The van der Waals surface area contributed by atoms with Crippen LogP contribution < -0.4 is 15.6 Å². The van der Waals surface area contributed by atoms with Crippen LogP contribution in [0.3, 0.4) is 0 Å². The fraction of sp³-hybridized carbons (Fsp3) is 0.179. The highest BCUT2D eigenvalue weighted by Gasteiger charge is 2.15. The number of hydrogen-bond donors (Lipinski definition) is 3. The standard InChI is InChI=1S/C28H28N6O3/c1-33(2)9-5-6-25(35)32-19-10-17(11-20(13-19)37-4)18-12-22-23(15-31-27(22)30-14-18)24-16-34(3)28(36)26-21(24)7-8-29-26/h5-8,10-16,29H,9H2,1-4H3,(H,30,31)(H,32,35). The third-order valence-corrected chi connectivity index (χ3v) is 6.20. The molecule has 5 rings (SSSR count). The summed E-state index contributed by atoms with van der Waals surface area (Å²) < 4.78 is 7.08. The van der Waals surface area contributed by atoms with Crippen molar-refractivity contribution in [1.82, 2.24) is 24.4 Å². The number of nitrogens with zero attached hydrogens (tertiary/aromatic N) is 3. The number of carbonyl (C=O) groups excluding carboxylic acids is 1. The van der Waals surface area contributed by atoms with Crippen LogP contribution in [0.15, 0.2) is 72.1 Å². The van der Waals surface area contributed by atoms with E-state index in [4.69, 9.17) is 4.74 Å². The number of pyridine rings is 2. The molecular formula is C28H28N6O3. The lowest BCUT2D eigenvalue weighted by atomic mass is 10.0. The minimum atomic E-state index is -0.215. The number of likely N-dealkylation sites (N-methyl/N-ethyl adjacent to an activating group) is 1. The first-order chi connectivity index (χ1) is 17.8. The number of nitrogens with one attached hydrogen (secondary N) is 3. The third kappa shape index (κ3) is 4.76. The molecule has 0 bridgehead atoms. The second-order valence-electron chi connectivity index (χ2n) is 9.15. The molecule has 0 saturated carbocycles. The number of hydrogen-bond acceptors (Lipinski definition) is 5. The van der Waals surface area contributed by atoms with Gasteiger partial charge in [0.2, 0.25) is 5.91 Å². The summed E-state index contributed by atoms with van der Waals surface area (Å²) in [6.45, 7) is 0.673. The highest BCUT2D eigenvalue weighted by atomic mass is 16.5. The van der Waals surface area contributed by atoms with Crippen molar-refractivity contribution in [3.05, 3.63) is 77.6 Å². The van der Waals surface area contributed by atoms with Crippen molar-refractivity contribution < 1.29 is 9.53 Å². The highest BCUT2D eigenvalue weighted by molar-refractivity contribution is 6.04. The number of aryl methyl sites for hydroxylation is 1. The Hall–Kier alpha value is -4.63. The molecule has 9 nitrogen and oxygen atoms in total. The van der Waals surface area contributed by atoms with E-state index < -0.39 is 0 Å². The zero-order valence-electron chi connectivity index (χ0n) is 21.1. The van der Waals surface area contributed by atoms with Gasteiger partial charge in [0.05, 0.1) is 7.11 Å². The van der Waals surface area contributed by atoms with E-state index in [1.54, 1.807) is 37.2 Å². The maximum Gasteiger partial charge on any atom is 0.274 e. The Morgan fingerprint density at radius 3 is 2.76 bits per heavy atom. The third-order valence-electron chi connectivity index (χ3n) is 6.20. The van der Waals surface area contributed by atoms with E-state index in [2.05, 4.69) is 26.3 Å². The van der Waals surface area contributed by atoms with Crippen molar-refractivity contribution in [2.24, 2.45) is 7.05 Å². The quantitative estimate of drug-likeness (QED) is 0.294. The molecule has 4 heterocycles. The fourth-order valence-electron chi connectivity index (χ4n) is 4.38. The number of methoxy groups -OCH3 is 1. The first-order valence-corrected chi connectivity index (χ1v) is 11.8. The monoisotopic (exact) mass is 496 g/mol. The Morgan fingerprint density at radius 1 is 1.14 bits per heavy atom. The molecule has 4 aromatic heterocycles. The molecule has 0 aliphatic heterocycles. The minimum Gasteiger partial charge on any atom is -0.497 e. The Morgan fingerprint density at radius 2 is 1.97 bits per heavy atom. The Bertz CT molecular complexity index is 1710. The van der Waals surface area contributed by atoms with Crippen LogP contribution in [0.4, 0.5) is 5.69 Å². The average Bonchev–Trinajstić information content (AvgIpc) is 3.53. The number of carbonyl (C=O) groups is 1. The van der Waals surface area contributed by atoms with Crippen molar-refractivity contribution in [2.75, 3.05) is 33.1 Å². The molecule has 0 aliphatic rings. The van der Waals surface area contributed by atoms with Crippen molar-refractivity contribution in [3.63, 3.8) is 0 Å². The van der Waals surface area contributed by atoms with Gasteiger partial charge in [-0.2, -0.15) is 0 Å². The van der Waals surface area contributed by atoms with Gasteiger partial charge in [-0.15, -0.1) is 0 Å². The molecule has 1 aromatic carbocycles. The second kappa shape index (κ2) is 9.79. The number of rotatable bonds is 7. The number of aromatic nitrogens is 4. The number of anilines is 1. The molecule has 5 aromatic rings. The Kier molecular flexibility index (Phi) is 6.37. The molecule has 37 heavy (non-hydrogen) atoms. The number of benzene rings is 1. The van der Waals surface area contributed by atoms with Gasteiger partial charge in [0.25, 0.3) is 5.56 Å². The number of fused-ring (bicyclic) bond motifs is 2. The van der Waals surface area contributed by atoms with Crippen LogP contribution in [0.2, 0.25) is 0 Å². The molecule has 0 saturated heterocycles. The number of ether oxygens (including phenoxy) is 1. The van der Waals surface area contributed by atoms with Gasteiger partial charge in [-0.3, -0.25) is 9.59 Å². The molecule has 0 atom stereocenters. The van der Waals surface area contributed by atoms with E-state index >= 15 is 0 Å². The van der Waals surface area contributed by atoms with E-state index in [1.165, 1.54) is 6.08 Å². The smallest absolute Gasteiger partial charge is 0.274 e. The van der Waals surface area contributed by atoms with Crippen LogP contribution >= 0.6 is 0 Å². The number of amides is 1. The van der Waals surface area contributed by atoms with Crippen LogP contribution in [0.5, 0.6) is 5.75 Å². The molecule has 0 fully saturated rings. The van der Waals surface area contributed by atoms with E-state index in [9.17, 15) is 9.59 Å². The summed E-state index contributed by atoms with van der Waals surface area (Å²) in [6, 6.07) is 9.54. The second-order valence-corrected chi connectivity index (χ2v) is 9.15. The minimum absolute atomic E-state index is 0.0788. The van der Waals surface area contributed by atoms with Gasteiger partial charge in [-0.25, -0.2) is 4.98 Å². The Labute approximate surface area is 213 Å². The van der Waals surface area contributed by atoms with Crippen molar-refractivity contribution in [1.29, 1.82) is 0 Å². The van der Waals surface area contributed by atoms with Gasteiger partial charge in [0.15, 0.2) is 0 Å². The zero-order chi connectivity index (χ0) is 26.1. The number of H-pyrrole nitrogens is 2. The topological polar surface area (TPSA) is 108 Å². The molecule has 188 valence electrons.